The van der Waals surface area contributed by atoms with Gasteiger partial charge in [-0.05, 0) is 0 Å². The number of rotatable bonds is 2. The maximum atomic E-state index is 9.46. The van der Waals surface area contributed by atoms with E-state index in [2.05, 4.69) is 8.27 Å². The zero-order chi connectivity index (χ0) is 5.91. The van der Waals surface area contributed by atoms with Crippen LogP contribution in [0.2, 0.25) is 0 Å². The van der Waals surface area contributed by atoms with Gasteiger partial charge in [0.1, 0.15) is 0 Å². The molecule has 7 heteroatoms. The molecule has 0 amide bonds. The SMILES string of the molecule is O=S(=O)(O)O[O][AlH2]. The molecule has 0 aromatic carbocycles. The molecule has 0 aromatic heterocycles. The highest BCUT2D eigenvalue weighted by atomic mass is 32.3. The smallest absolute Gasteiger partial charge is 0.365 e. The van der Waals surface area contributed by atoms with Crippen LogP contribution in [0.4, 0.5) is 0 Å². The normalized spacial score (nSPS) is 11.6. The van der Waals surface area contributed by atoms with E-state index in [9.17, 15) is 8.42 Å². The Morgan fingerprint density at radius 3 is 2.00 bits per heavy atom. The Morgan fingerprint density at radius 2 is 2.00 bits per heavy atom. The van der Waals surface area contributed by atoms with E-state index in [1.165, 1.54) is 0 Å². The first-order valence-electron chi connectivity index (χ1n) is 1.26. The lowest BCUT2D eigenvalue weighted by Crippen LogP contribution is -2.01. The zero-order valence-corrected chi connectivity index (χ0v) is 6.30. The van der Waals surface area contributed by atoms with E-state index in [-0.39, 0.29) is 16.6 Å². The van der Waals surface area contributed by atoms with Crippen molar-refractivity contribution in [3.63, 3.8) is 0 Å². The minimum atomic E-state index is -4.36. The third-order valence-corrected chi connectivity index (χ3v) is 0.870. The van der Waals surface area contributed by atoms with Crippen molar-refractivity contribution in [2.75, 3.05) is 0 Å². The molecule has 0 aromatic rings. The van der Waals surface area contributed by atoms with Gasteiger partial charge in [0.05, 0.1) is 0 Å². The first kappa shape index (κ1) is 7.36. The summed E-state index contributed by atoms with van der Waals surface area (Å²) in [4.78, 5) is 0. The van der Waals surface area contributed by atoms with Gasteiger partial charge in [0.15, 0.2) is 0 Å². The molecule has 0 aliphatic heterocycles. The van der Waals surface area contributed by atoms with Crippen LogP contribution in [0.25, 0.3) is 0 Å². The van der Waals surface area contributed by atoms with Gasteiger partial charge < -0.3 is 3.94 Å². The van der Waals surface area contributed by atoms with Crippen molar-refractivity contribution >= 4 is 27.0 Å². The van der Waals surface area contributed by atoms with Gasteiger partial charge in [0.2, 0.25) is 0 Å². The van der Waals surface area contributed by atoms with Gasteiger partial charge >= 0.3 is 27.0 Å². The van der Waals surface area contributed by atoms with Crippen molar-refractivity contribution in [3.8, 4) is 0 Å². The van der Waals surface area contributed by atoms with Crippen LogP contribution in [0.3, 0.4) is 0 Å². The maximum Gasteiger partial charge on any atom is 0.467 e. The lowest BCUT2D eigenvalue weighted by atomic mass is 14.9. The molecule has 0 fully saturated rings. The van der Waals surface area contributed by atoms with Crippen molar-refractivity contribution in [2.45, 2.75) is 0 Å². The topological polar surface area (TPSA) is 72.8 Å². The highest BCUT2D eigenvalue weighted by molar-refractivity contribution is 7.80. The fourth-order valence-corrected chi connectivity index (χ4v) is 0.774. The van der Waals surface area contributed by atoms with E-state index >= 15 is 0 Å². The first-order chi connectivity index (χ1) is 3.06. The molecular formula is H3AlO5S. The standard InChI is InChI=1S/Al.H2O5S.2H/c;1-5-6(2,3)4;;/h;1H,(H,2,3,4);;/q+1;;;/p-1. The van der Waals surface area contributed by atoms with E-state index in [1.807, 2.05) is 0 Å². The molecule has 42 valence electrons. The summed E-state index contributed by atoms with van der Waals surface area (Å²) >= 11 is 0.108. The minimum absolute atomic E-state index is 0.108. The molecule has 0 heterocycles. The molecule has 0 saturated carbocycles. The second-order valence-electron chi connectivity index (χ2n) is 0.662. The van der Waals surface area contributed by atoms with Crippen LogP contribution in [0.1, 0.15) is 0 Å². The van der Waals surface area contributed by atoms with Crippen LogP contribution in [0, 0.1) is 0 Å². The zero-order valence-electron chi connectivity index (χ0n) is 3.49. The molecular weight excluding hydrogens is 139 g/mol. The Morgan fingerprint density at radius 1 is 1.57 bits per heavy atom. The molecule has 0 unspecified atom stereocenters. The van der Waals surface area contributed by atoms with Crippen molar-refractivity contribution < 1.29 is 21.2 Å². The Balaban J connectivity index is 3.60. The summed E-state index contributed by atoms with van der Waals surface area (Å²) in [5, 5.41) is 0. The van der Waals surface area contributed by atoms with E-state index in [4.69, 9.17) is 4.55 Å². The second-order valence-corrected chi connectivity index (χ2v) is 1.99. The number of hydrogen-bond acceptors (Lipinski definition) is 4. The van der Waals surface area contributed by atoms with E-state index in [1.54, 1.807) is 0 Å². The molecule has 0 atom stereocenters. The molecule has 0 rings (SSSR count). The van der Waals surface area contributed by atoms with Crippen LogP contribution in [0.15, 0.2) is 0 Å². The molecule has 0 aliphatic carbocycles. The molecule has 7 heavy (non-hydrogen) atoms. The minimum Gasteiger partial charge on any atom is -0.365 e. The monoisotopic (exact) mass is 142 g/mol. The second kappa shape index (κ2) is 2.62. The highest BCUT2D eigenvalue weighted by Crippen LogP contribution is 1.81. The largest absolute Gasteiger partial charge is 0.467 e. The van der Waals surface area contributed by atoms with Gasteiger partial charge in [-0.3, -0.25) is 4.55 Å². The predicted octanol–water partition coefficient (Wildman–Crippen LogP) is -1.71. The Hall–Kier alpha value is 0.362. The summed E-state index contributed by atoms with van der Waals surface area (Å²) in [5.41, 5.74) is 0. The van der Waals surface area contributed by atoms with Crippen molar-refractivity contribution in [1.29, 1.82) is 0 Å². The lowest BCUT2D eigenvalue weighted by molar-refractivity contribution is -0.0957. The van der Waals surface area contributed by atoms with Crippen LogP contribution in [0.5, 0.6) is 0 Å². The summed E-state index contributed by atoms with van der Waals surface area (Å²) < 4.78 is 33.6. The van der Waals surface area contributed by atoms with Crippen molar-refractivity contribution in [1.82, 2.24) is 0 Å². The van der Waals surface area contributed by atoms with E-state index in [0.29, 0.717) is 0 Å². The molecule has 5 nitrogen and oxygen atoms in total. The Labute approximate surface area is 48.9 Å². The molecule has 0 radical (unpaired) electrons. The average Bonchev–Trinajstić information content (AvgIpc) is 1.30. The van der Waals surface area contributed by atoms with Gasteiger partial charge in [-0.15, -0.1) is 4.33 Å². The summed E-state index contributed by atoms with van der Waals surface area (Å²) in [6.45, 7) is 0. The highest BCUT2D eigenvalue weighted by Gasteiger charge is 1.99. The maximum absolute atomic E-state index is 9.46. The van der Waals surface area contributed by atoms with Crippen LogP contribution in [-0.2, 0) is 18.7 Å². The molecule has 0 aliphatic rings. The van der Waals surface area contributed by atoms with Gasteiger partial charge in [-0.1, -0.05) is 0 Å². The van der Waals surface area contributed by atoms with Crippen LogP contribution < -0.4 is 0 Å². The third-order valence-electron chi connectivity index (χ3n) is 0.154. The summed E-state index contributed by atoms with van der Waals surface area (Å²) in [7, 11) is -4.36. The van der Waals surface area contributed by atoms with Gasteiger partial charge in [-0.2, -0.15) is 8.42 Å². The molecule has 1 N–H and O–H groups in total. The Kier molecular flexibility index (Phi) is 2.75. The van der Waals surface area contributed by atoms with Gasteiger partial charge in [0, 0.05) is 0 Å². The van der Waals surface area contributed by atoms with Gasteiger partial charge in [-0.25, -0.2) is 0 Å². The lowest BCUT2D eigenvalue weighted by Gasteiger charge is -1.90. The first-order valence-corrected chi connectivity index (χ1v) is 3.44. The summed E-state index contributed by atoms with van der Waals surface area (Å²) in [5.74, 6) is 0. The van der Waals surface area contributed by atoms with Gasteiger partial charge in [0.25, 0.3) is 0 Å². The Bertz CT molecular complexity index is 121. The van der Waals surface area contributed by atoms with E-state index < -0.39 is 10.4 Å². The van der Waals surface area contributed by atoms with Crippen molar-refractivity contribution in [2.24, 2.45) is 0 Å². The number of hydrogen-bond donors (Lipinski definition) is 1. The van der Waals surface area contributed by atoms with Crippen molar-refractivity contribution in [3.05, 3.63) is 0 Å². The van der Waals surface area contributed by atoms with Crippen LogP contribution >= 0.6 is 0 Å². The summed E-state index contributed by atoms with van der Waals surface area (Å²) in [6.07, 6.45) is 0. The predicted molar refractivity (Wildman–Crippen MR) is 22.3 cm³/mol. The quantitative estimate of drug-likeness (QED) is 0.215. The third kappa shape index (κ3) is 6.36. The molecule has 0 bridgehead atoms. The van der Waals surface area contributed by atoms with E-state index in [0.717, 1.165) is 0 Å². The summed E-state index contributed by atoms with van der Waals surface area (Å²) in [6, 6.07) is 0. The fraction of sp³-hybridized carbons (Fsp3) is 0. The average molecular weight is 142 g/mol. The fourth-order valence-electron chi connectivity index (χ4n) is 0.0860. The van der Waals surface area contributed by atoms with Crippen LogP contribution in [-0.4, -0.2) is 29.6 Å². The molecule has 0 spiro atoms. The molecule has 0 saturated heterocycles.